The number of carbonyl (C=O) groups is 1. The van der Waals surface area contributed by atoms with Gasteiger partial charge in [0, 0.05) is 4.90 Å². The minimum Gasteiger partial charge on any atom is -0.370 e. The molecule has 2 rings (SSSR count). The van der Waals surface area contributed by atoms with E-state index in [0.29, 0.717) is 0 Å². The van der Waals surface area contributed by atoms with Crippen LogP contribution in [0.5, 0.6) is 0 Å². The summed E-state index contributed by atoms with van der Waals surface area (Å²) >= 11 is 1.61. The van der Waals surface area contributed by atoms with E-state index in [1.807, 2.05) is 6.92 Å². The highest BCUT2D eigenvalue weighted by atomic mass is 32.2. The van der Waals surface area contributed by atoms with E-state index in [4.69, 9.17) is 4.74 Å². The van der Waals surface area contributed by atoms with Gasteiger partial charge in [-0.15, -0.1) is 11.8 Å². The molecule has 21 heavy (non-hydrogen) atoms. The Kier molecular flexibility index (Phi) is 6.54. The topological polar surface area (TPSA) is 42.8 Å². The second-order valence-electron chi connectivity index (χ2n) is 5.48. The zero-order valence-electron chi connectivity index (χ0n) is 12.9. The molecule has 4 nitrogen and oxygen atoms in total. The fourth-order valence-corrected chi connectivity index (χ4v) is 3.18. The van der Waals surface area contributed by atoms with Crippen molar-refractivity contribution in [2.24, 2.45) is 0 Å². The zero-order chi connectivity index (χ0) is 15.1. The molecule has 2 N–H and O–H groups in total. The van der Waals surface area contributed by atoms with Gasteiger partial charge in [-0.1, -0.05) is 17.7 Å². The number of amides is 1. The van der Waals surface area contributed by atoms with E-state index in [-0.39, 0.29) is 11.2 Å². The summed E-state index contributed by atoms with van der Waals surface area (Å²) in [6.07, 6.45) is 0. The SMILES string of the molecule is Cc1ccc(S[C@H](C)C(=O)NCC[NH+]2CCOCC2)cc1. The van der Waals surface area contributed by atoms with Crippen LogP contribution >= 0.6 is 11.8 Å². The molecule has 0 unspecified atom stereocenters. The number of ether oxygens (including phenoxy) is 1. The fraction of sp³-hybridized carbons (Fsp3) is 0.562. The summed E-state index contributed by atoms with van der Waals surface area (Å²) in [4.78, 5) is 14.7. The maximum absolute atomic E-state index is 12.1. The number of nitrogens with one attached hydrogen (secondary N) is 2. The maximum Gasteiger partial charge on any atom is 0.233 e. The van der Waals surface area contributed by atoms with Crippen molar-refractivity contribution in [2.45, 2.75) is 24.0 Å². The maximum atomic E-state index is 12.1. The number of hydrogen-bond donors (Lipinski definition) is 2. The Morgan fingerprint density at radius 2 is 2.00 bits per heavy atom. The van der Waals surface area contributed by atoms with Gasteiger partial charge in [-0.2, -0.15) is 0 Å². The van der Waals surface area contributed by atoms with Crippen LogP contribution in [-0.4, -0.2) is 50.5 Å². The second kappa shape index (κ2) is 8.41. The summed E-state index contributed by atoms with van der Waals surface area (Å²) in [5.74, 6) is 0.119. The lowest BCUT2D eigenvalue weighted by molar-refractivity contribution is -0.906. The third kappa shape index (κ3) is 5.69. The van der Waals surface area contributed by atoms with Crippen LogP contribution in [-0.2, 0) is 9.53 Å². The summed E-state index contributed by atoms with van der Waals surface area (Å²) in [5.41, 5.74) is 1.24. The number of hydrogen-bond acceptors (Lipinski definition) is 3. The van der Waals surface area contributed by atoms with Gasteiger partial charge in [0.2, 0.25) is 5.91 Å². The molecule has 0 saturated carbocycles. The summed E-state index contributed by atoms with van der Waals surface area (Å²) in [7, 11) is 0. The van der Waals surface area contributed by atoms with Gasteiger partial charge in [0.1, 0.15) is 13.1 Å². The Balaban J connectivity index is 1.68. The molecule has 0 aromatic heterocycles. The molecule has 1 aromatic rings. The van der Waals surface area contributed by atoms with Crippen LogP contribution in [0.1, 0.15) is 12.5 Å². The van der Waals surface area contributed by atoms with Gasteiger partial charge in [-0.25, -0.2) is 0 Å². The van der Waals surface area contributed by atoms with Crippen molar-refractivity contribution in [1.29, 1.82) is 0 Å². The first-order chi connectivity index (χ1) is 10.1. The van der Waals surface area contributed by atoms with Crippen LogP contribution in [0.2, 0.25) is 0 Å². The monoisotopic (exact) mass is 309 g/mol. The van der Waals surface area contributed by atoms with Gasteiger partial charge in [0.25, 0.3) is 0 Å². The highest BCUT2D eigenvalue weighted by molar-refractivity contribution is 8.00. The quantitative estimate of drug-likeness (QED) is 0.753. The van der Waals surface area contributed by atoms with Gasteiger partial charge in [0.15, 0.2) is 0 Å². The molecular formula is C16H25N2O2S+. The van der Waals surface area contributed by atoms with Crippen molar-refractivity contribution in [1.82, 2.24) is 5.32 Å². The first kappa shape index (κ1) is 16.3. The van der Waals surface area contributed by atoms with Gasteiger partial charge in [0.05, 0.1) is 31.6 Å². The third-order valence-corrected chi connectivity index (χ3v) is 4.79. The molecule has 1 aromatic carbocycles. The van der Waals surface area contributed by atoms with E-state index in [1.165, 1.54) is 10.5 Å². The summed E-state index contributed by atoms with van der Waals surface area (Å²) in [6.45, 7) is 9.52. The first-order valence-corrected chi connectivity index (χ1v) is 8.45. The average molecular weight is 309 g/mol. The lowest BCUT2D eigenvalue weighted by Gasteiger charge is -2.24. The van der Waals surface area contributed by atoms with Crippen LogP contribution in [0.4, 0.5) is 0 Å². The molecule has 1 saturated heterocycles. The van der Waals surface area contributed by atoms with Crippen LogP contribution in [0.3, 0.4) is 0 Å². The molecule has 1 amide bonds. The van der Waals surface area contributed by atoms with E-state index in [2.05, 4.69) is 36.5 Å². The molecule has 116 valence electrons. The summed E-state index contributed by atoms with van der Waals surface area (Å²) < 4.78 is 5.33. The normalized spacial score (nSPS) is 17.4. The number of morpholine rings is 1. The van der Waals surface area contributed by atoms with E-state index in [0.717, 1.165) is 44.3 Å². The Morgan fingerprint density at radius 1 is 1.33 bits per heavy atom. The average Bonchev–Trinajstić information content (AvgIpc) is 2.50. The third-order valence-electron chi connectivity index (χ3n) is 3.68. The van der Waals surface area contributed by atoms with Crippen molar-refractivity contribution < 1.29 is 14.4 Å². The first-order valence-electron chi connectivity index (χ1n) is 7.57. The number of carbonyl (C=O) groups excluding carboxylic acids is 1. The van der Waals surface area contributed by atoms with Crippen molar-refractivity contribution in [2.75, 3.05) is 39.4 Å². The predicted molar refractivity (Wildman–Crippen MR) is 85.9 cm³/mol. The molecule has 0 aliphatic carbocycles. The van der Waals surface area contributed by atoms with Crippen molar-refractivity contribution in [3.63, 3.8) is 0 Å². The highest BCUT2D eigenvalue weighted by Gasteiger charge is 2.16. The van der Waals surface area contributed by atoms with Crippen molar-refractivity contribution >= 4 is 17.7 Å². The van der Waals surface area contributed by atoms with Crippen LogP contribution in [0, 0.1) is 6.92 Å². The Labute approximate surface area is 131 Å². The fourth-order valence-electron chi connectivity index (χ4n) is 2.29. The van der Waals surface area contributed by atoms with Crippen LogP contribution in [0.25, 0.3) is 0 Å². The molecule has 1 fully saturated rings. The molecular weight excluding hydrogens is 284 g/mol. The lowest BCUT2D eigenvalue weighted by atomic mass is 10.2. The van der Waals surface area contributed by atoms with Gasteiger partial charge in [-0.3, -0.25) is 4.79 Å². The molecule has 1 aliphatic rings. The lowest BCUT2D eigenvalue weighted by Crippen LogP contribution is -3.14. The molecule has 0 radical (unpaired) electrons. The molecule has 1 atom stereocenters. The molecule has 1 aliphatic heterocycles. The van der Waals surface area contributed by atoms with Crippen LogP contribution in [0.15, 0.2) is 29.2 Å². The van der Waals surface area contributed by atoms with Crippen LogP contribution < -0.4 is 10.2 Å². The Bertz CT molecular complexity index is 444. The van der Waals surface area contributed by atoms with E-state index in [9.17, 15) is 4.79 Å². The number of quaternary nitrogens is 1. The summed E-state index contributed by atoms with van der Waals surface area (Å²) in [5, 5.41) is 2.98. The standard InChI is InChI=1S/C16H24N2O2S/c1-13-3-5-15(6-4-13)21-14(2)16(19)17-7-8-18-9-11-20-12-10-18/h3-6,14H,7-12H2,1-2H3,(H,17,19)/p+1/t14-/m1/s1. The Hall–Kier alpha value is -1.04. The molecule has 0 spiro atoms. The molecule has 1 heterocycles. The van der Waals surface area contributed by atoms with Gasteiger partial charge in [-0.05, 0) is 26.0 Å². The number of aryl methyl sites for hydroxylation is 1. The zero-order valence-corrected chi connectivity index (χ0v) is 13.7. The minimum atomic E-state index is -0.0626. The number of benzene rings is 1. The van der Waals surface area contributed by atoms with E-state index < -0.39 is 0 Å². The van der Waals surface area contributed by atoms with Gasteiger partial charge < -0.3 is 15.0 Å². The predicted octanol–water partition coefficient (Wildman–Crippen LogP) is 0.507. The minimum absolute atomic E-state index is 0.0626. The van der Waals surface area contributed by atoms with Gasteiger partial charge >= 0.3 is 0 Å². The Morgan fingerprint density at radius 3 is 2.67 bits per heavy atom. The highest BCUT2D eigenvalue weighted by Crippen LogP contribution is 2.23. The van der Waals surface area contributed by atoms with E-state index in [1.54, 1.807) is 11.8 Å². The smallest absolute Gasteiger partial charge is 0.233 e. The second-order valence-corrected chi connectivity index (χ2v) is 6.89. The largest absolute Gasteiger partial charge is 0.370 e. The van der Waals surface area contributed by atoms with Crippen molar-refractivity contribution in [3.05, 3.63) is 29.8 Å². The molecule has 5 heteroatoms. The number of rotatable bonds is 6. The van der Waals surface area contributed by atoms with Crippen molar-refractivity contribution in [3.8, 4) is 0 Å². The number of thioether (sulfide) groups is 1. The molecule has 0 bridgehead atoms. The summed E-state index contributed by atoms with van der Waals surface area (Å²) in [6, 6.07) is 8.30. The van der Waals surface area contributed by atoms with E-state index >= 15 is 0 Å².